The van der Waals surface area contributed by atoms with Crippen molar-refractivity contribution in [3.05, 3.63) is 69.3 Å². The van der Waals surface area contributed by atoms with Gasteiger partial charge in [0.1, 0.15) is 17.3 Å². The summed E-state index contributed by atoms with van der Waals surface area (Å²) in [6, 6.07) is 7.75. The first-order valence-corrected chi connectivity index (χ1v) is 16.7. The molecule has 4 aliphatic rings. The summed E-state index contributed by atoms with van der Waals surface area (Å²) >= 11 is 1.25. The molecule has 2 aliphatic heterocycles. The number of aromatic amines is 1. The number of benzene rings is 1. The van der Waals surface area contributed by atoms with Crippen LogP contribution in [0.3, 0.4) is 0 Å². The standard InChI is InChI=1S/C35H41N3O5S/c1-8-38-33(41)29-25(17-34(38,4)5)43-26-18-35(14-9-15-35)16-23(39)28(26)30(29)27-20(3)21(11-13-24(27)42-6)22-12-10-19(2)31(36-22)32(40)37-44-7/h10-13,30H,8-9,14-18H2,1-7H3,(H,37,40)/p+1/t30-/m1/s1. The molecule has 2 aliphatic carbocycles. The molecule has 9 heteroatoms. The van der Waals surface area contributed by atoms with Crippen molar-refractivity contribution in [2.24, 2.45) is 5.41 Å². The maximum Gasteiger partial charge on any atom is 0.326 e. The Kier molecular flexibility index (Phi) is 7.67. The summed E-state index contributed by atoms with van der Waals surface area (Å²) in [4.78, 5) is 46.7. The van der Waals surface area contributed by atoms with Gasteiger partial charge in [-0.25, -0.2) is 0 Å². The molecule has 2 N–H and O–H groups in total. The Morgan fingerprint density at radius 1 is 1.09 bits per heavy atom. The molecule has 0 bridgehead atoms. The predicted octanol–water partition coefficient (Wildman–Crippen LogP) is 5.99. The van der Waals surface area contributed by atoms with Crippen LogP contribution in [0, 0.1) is 19.3 Å². The predicted molar refractivity (Wildman–Crippen MR) is 170 cm³/mol. The third kappa shape index (κ3) is 4.75. The number of Topliss-reactive ketones (excluding diaryl/α,β-unsaturated/α-hetero) is 1. The minimum Gasteiger partial charge on any atom is -0.496 e. The van der Waals surface area contributed by atoms with Crippen molar-refractivity contribution in [2.75, 3.05) is 19.9 Å². The number of nitrogens with zero attached hydrogens (tertiary/aromatic N) is 1. The van der Waals surface area contributed by atoms with Crippen LogP contribution in [-0.2, 0) is 14.3 Å². The summed E-state index contributed by atoms with van der Waals surface area (Å²) < 4.78 is 15.4. The van der Waals surface area contributed by atoms with Crippen molar-refractivity contribution in [1.82, 2.24) is 9.62 Å². The van der Waals surface area contributed by atoms with Gasteiger partial charge in [-0.05, 0) is 76.6 Å². The molecule has 1 saturated carbocycles. The van der Waals surface area contributed by atoms with Crippen LogP contribution in [0.5, 0.6) is 5.75 Å². The van der Waals surface area contributed by atoms with Gasteiger partial charge in [0.25, 0.3) is 11.6 Å². The van der Waals surface area contributed by atoms with Gasteiger partial charge in [-0.15, -0.1) is 0 Å². The smallest absolute Gasteiger partial charge is 0.326 e. The van der Waals surface area contributed by atoms with Gasteiger partial charge in [0.05, 0.1) is 18.6 Å². The second-order valence-electron chi connectivity index (χ2n) is 13.3. The van der Waals surface area contributed by atoms with E-state index >= 15 is 0 Å². The van der Waals surface area contributed by atoms with Gasteiger partial charge in [0.15, 0.2) is 5.78 Å². The Bertz CT molecular complexity index is 1650. The number of likely N-dealkylation sites (N-methyl/N-ethyl adjacent to an activating group) is 1. The monoisotopic (exact) mass is 616 g/mol. The normalized spacial score (nSPS) is 21.9. The lowest BCUT2D eigenvalue weighted by Crippen LogP contribution is -2.54. The number of carbonyl (C=O) groups is 3. The minimum absolute atomic E-state index is 0.0340. The highest BCUT2D eigenvalue weighted by molar-refractivity contribution is 7.97. The van der Waals surface area contributed by atoms with Crippen molar-refractivity contribution < 1.29 is 28.8 Å². The van der Waals surface area contributed by atoms with Crippen LogP contribution in [0.1, 0.15) is 92.4 Å². The van der Waals surface area contributed by atoms with Gasteiger partial charge in [0.2, 0.25) is 5.69 Å². The molecule has 0 unspecified atom stereocenters. The van der Waals surface area contributed by atoms with Crippen LogP contribution in [0.15, 0.2) is 46.9 Å². The number of ketones is 1. The van der Waals surface area contributed by atoms with Gasteiger partial charge in [-0.1, -0.05) is 18.4 Å². The number of rotatable bonds is 6. The summed E-state index contributed by atoms with van der Waals surface area (Å²) in [5.41, 5.74) is 5.27. The lowest BCUT2D eigenvalue weighted by molar-refractivity contribution is -0.369. The average molecular weight is 617 g/mol. The molecule has 2 aromatic rings. The summed E-state index contributed by atoms with van der Waals surface area (Å²) in [5.74, 6) is 1.15. The van der Waals surface area contributed by atoms with E-state index in [4.69, 9.17) is 9.47 Å². The van der Waals surface area contributed by atoms with Gasteiger partial charge < -0.3 is 14.4 Å². The van der Waals surface area contributed by atoms with Crippen LogP contribution >= 0.6 is 11.9 Å². The van der Waals surface area contributed by atoms with Crippen molar-refractivity contribution in [3.63, 3.8) is 0 Å². The van der Waals surface area contributed by atoms with Crippen molar-refractivity contribution in [3.8, 4) is 17.0 Å². The molecule has 1 fully saturated rings. The minimum atomic E-state index is -0.615. The number of hydrogen-bond acceptors (Lipinski definition) is 6. The van der Waals surface area contributed by atoms with E-state index in [-0.39, 0.29) is 23.0 Å². The van der Waals surface area contributed by atoms with Gasteiger partial charge in [-0.3, -0.25) is 19.1 Å². The third-order valence-electron chi connectivity index (χ3n) is 10.2. The first-order chi connectivity index (χ1) is 20.9. The summed E-state index contributed by atoms with van der Waals surface area (Å²) in [6.07, 6.45) is 6.75. The molecule has 232 valence electrons. The van der Waals surface area contributed by atoms with Crippen molar-refractivity contribution >= 4 is 29.5 Å². The highest BCUT2D eigenvalue weighted by Crippen LogP contribution is 2.59. The summed E-state index contributed by atoms with van der Waals surface area (Å²) in [6.45, 7) is 10.6. The van der Waals surface area contributed by atoms with Crippen LogP contribution in [0.2, 0.25) is 0 Å². The highest BCUT2D eigenvalue weighted by Gasteiger charge is 2.53. The van der Waals surface area contributed by atoms with Crippen molar-refractivity contribution in [2.45, 2.75) is 84.6 Å². The van der Waals surface area contributed by atoms with Crippen LogP contribution in [-0.4, -0.2) is 47.9 Å². The van der Waals surface area contributed by atoms with Crippen molar-refractivity contribution in [1.29, 1.82) is 0 Å². The Labute approximate surface area is 263 Å². The zero-order chi connectivity index (χ0) is 31.6. The molecular formula is C35H42N3O5S+. The van der Waals surface area contributed by atoms with E-state index in [0.717, 1.165) is 53.0 Å². The second-order valence-corrected chi connectivity index (χ2v) is 13.9. The number of nitrogens with one attached hydrogen (secondary N) is 2. The highest BCUT2D eigenvalue weighted by atomic mass is 32.2. The van der Waals surface area contributed by atoms with E-state index in [1.54, 1.807) is 7.11 Å². The lowest BCUT2D eigenvalue weighted by Gasteiger charge is -2.50. The first kappa shape index (κ1) is 30.4. The number of methoxy groups -OCH3 is 1. The third-order valence-corrected chi connectivity index (χ3v) is 10.6. The molecule has 6 rings (SSSR count). The molecule has 8 nitrogen and oxygen atoms in total. The molecule has 1 atom stereocenters. The molecule has 44 heavy (non-hydrogen) atoms. The fourth-order valence-corrected chi connectivity index (χ4v) is 8.11. The fourth-order valence-electron chi connectivity index (χ4n) is 7.82. The number of allylic oxidation sites excluding steroid dienone is 2. The zero-order valence-corrected chi connectivity index (χ0v) is 27.5. The lowest BCUT2D eigenvalue weighted by atomic mass is 9.58. The summed E-state index contributed by atoms with van der Waals surface area (Å²) in [7, 11) is 1.63. The topological polar surface area (TPSA) is 99.1 Å². The Hall–Kier alpha value is -3.59. The van der Waals surface area contributed by atoms with Gasteiger partial charge >= 0.3 is 5.91 Å². The first-order valence-electron chi connectivity index (χ1n) is 15.5. The molecule has 1 spiro atoms. The molecule has 3 heterocycles. The van der Waals surface area contributed by atoms with E-state index < -0.39 is 11.5 Å². The van der Waals surface area contributed by atoms with Crippen LogP contribution in [0.4, 0.5) is 0 Å². The van der Waals surface area contributed by atoms with E-state index in [0.29, 0.717) is 54.2 Å². The largest absolute Gasteiger partial charge is 0.496 e. The molecule has 0 saturated heterocycles. The molecule has 1 aromatic heterocycles. The molecule has 0 radical (unpaired) electrons. The number of H-pyrrole nitrogens is 1. The van der Waals surface area contributed by atoms with Crippen LogP contribution < -0.4 is 14.4 Å². The Morgan fingerprint density at radius 2 is 1.82 bits per heavy atom. The van der Waals surface area contributed by atoms with E-state index in [1.165, 1.54) is 11.9 Å². The van der Waals surface area contributed by atoms with E-state index in [1.807, 2.05) is 56.2 Å². The Morgan fingerprint density at radius 3 is 2.45 bits per heavy atom. The zero-order valence-electron chi connectivity index (χ0n) is 26.7. The second kappa shape index (κ2) is 11.1. The van der Waals surface area contributed by atoms with Gasteiger partial charge in [0, 0.05) is 65.9 Å². The maximum atomic E-state index is 14.4. The maximum absolute atomic E-state index is 14.4. The SMILES string of the molecule is CCN1C(=O)C2=C(CC1(C)C)OC1=C(C(=O)CC3(CCC3)C1)[C@H]2c1c(OC)ccc(-c2ccc(C)c(C(=O)NSC)[nH+]2)c1C. The number of carbonyl (C=O) groups excluding carboxylic acids is 3. The van der Waals surface area contributed by atoms with E-state index in [9.17, 15) is 14.4 Å². The van der Waals surface area contributed by atoms with Crippen LogP contribution in [0.25, 0.3) is 11.3 Å². The quantitative estimate of drug-likeness (QED) is 0.401. The number of amides is 2. The van der Waals surface area contributed by atoms with E-state index in [2.05, 4.69) is 23.6 Å². The number of aromatic nitrogens is 1. The number of pyridine rings is 1. The molecule has 1 aromatic carbocycles. The number of ether oxygens (including phenoxy) is 2. The average Bonchev–Trinajstić information content (AvgIpc) is 2.95. The Balaban J connectivity index is 1.58. The number of aryl methyl sites for hydroxylation is 1. The summed E-state index contributed by atoms with van der Waals surface area (Å²) in [5, 5.41) is 0. The molecule has 2 amide bonds. The molecular weight excluding hydrogens is 574 g/mol. The van der Waals surface area contributed by atoms with Gasteiger partial charge in [-0.2, -0.15) is 4.98 Å². The fraction of sp³-hybridized carbons (Fsp3) is 0.486. The number of hydrogen-bond donors (Lipinski definition) is 1.